The van der Waals surface area contributed by atoms with E-state index in [2.05, 4.69) is 26.7 Å². The van der Waals surface area contributed by atoms with Crippen molar-refractivity contribution in [2.75, 3.05) is 11.9 Å². The molecule has 0 aliphatic carbocycles. The van der Waals surface area contributed by atoms with E-state index in [1.54, 1.807) is 6.20 Å². The van der Waals surface area contributed by atoms with Crippen LogP contribution >= 0.6 is 0 Å². The summed E-state index contributed by atoms with van der Waals surface area (Å²) in [5.74, 6) is 0.564. The predicted molar refractivity (Wildman–Crippen MR) is 76.2 cm³/mol. The van der Waals surface area contributed by atoms with E-state index in [-0.39, 0.29) is 0 Å². The van der Waals surface area contributed by atoms with E-state index in [4.69, 9.17) is 0 Å². The minimum absolute atomic E-state index is 0.564. The largest absolute Gasteiger partial charge is 0.366 e. The average Bonchev–Trinajstić information content (AvgIpc) is 2.99. The standard InChI is InChI=1S/C14H18N6/c1-3-11-12(10-15)14(19-18-13(11)4-2)16-7-9-20-8-5-6-17-20/h5-6,8H,3-4,7,9H2,1-2H3,(H,16,19). The highest BCUT2D eigenvalue weighted by molar-refractivity contribution is 5.56. The number of hydrogen-bond donors (Lipinski definition) is 1. The molecular weight excluding hydrogens is 252 g/mol. The minimum Gasteiger partial charge on any atom is -0.366 e. The van der Waals surface area contributed by atoms with Crippen LogP contribution in [0.15, 0.2) is 18.5 Å². The maximum Gasteiger partial charge on any atom is 0.167 e. The van der Waals surface area contributed by atoms with Crippen LogP contribution in [0.2, 0.25) is 0 Å². The number of nitrogens with one attached hydrogen (secondary N) is 1. The first-order chi connectivity index (χ1) is 9.80. The molecule has 2 aromatic heterocycles. The summed E-state index contributed by atoms with van der Waals surface area (Å²) in [6.07, 6.45) is 5.22. The molecule has 0 unspecified atom stereocenters. The van der Waals surface area contributed by atoms with Gasteiger partial charge in [0, 0.05) is 18.9 Å². The van der Waals surface area contributed by atoms with Gasteiger partial charge >= 0.3 is 0 Å². The van der Waals surface area contributed by atoms with Crippen molar-refractivity contribution < 1.29 is 0 Å². The lowest BCUT2D eigenvalue weighted by molar-refractivity contribution is 0.636. The highest BCUT2D eigenvalue weighted by Crippen LogP contribution is 2.19. The molecule has 0 fully saturated rings. The molecular formula is C14H18N6. The summed E-state index contributed by atoms with van der Waals surface area (Å²) >= 11 is 0. The van der Waals surface area contributed by atoms with E-state index in [1.165, 1.54) is 0 Å². The van der Waals surface area contributed by atoms with Crippen molar-refractivity contribution >= 4 is 5.82 Å². The second-order valence-electron chi connectivity index (χ2n) is 4.36. The first-order valence-corrected chi connectivity index (χ1v) is 6.79. The quantitative estimate of drug-likeness (QED) is 0.865. The van der Waals surface area contributed by atoms with Crippen LogP contribution in [-0.2, 0) is 19.4 Å². The molecule has 2 aromatic rings. The van der Waals surface area contributed by atoms with Crippen molar-refractivity contribution in [3.05, 3.63) is 35.3 Å². The molecule has 0 aliphatic heterocycles. The van der Waals surface area contributed by atoms with E-state index >= 15 is 0 Å². The molecule has 6 heteroatoms. The Labute approximate surface area is 118 Å². The molecule has 20 heavy (non-hydrogen) atoms. The third-order valence-electron chi connectivity index (χ3n) is 3.15. The van der Waals surface area contributed by atoms with Gasteiger partial charge in [-0.2, -0.15) is 15.5 Å². The van der Waals surface area contributed by atoms with Gasteiger partial charge in [0.05, 0.1) is 12.2 Å². The third-order valence-corrected chi connectivity index (χ3v) is 3.15. The molecule has 1 N–H and O–H groups in total. The molecule has 0 bridgehead atoms. The van der Waals surface area contributed by atoms with Gasteiger partial charge in [-0.25, -0.2) is 0 Å². The lowest BCUT2D eigenvalue weighted by Crippen LogP contribution is -2.15. The molecule has 0 amide bonds. The van der Waals surface area contributed by atoms with Crippen LogP contribution in [-0.4, -0.2) is 26.5 Å². The van der Waals surface area contributed by atoms with E-state index < -0.39 is 0 Å². The van der Waals surface area contributed by atoms with E-state index in [0.29, 0.717) is 17.9 Å². The Morgan fingerprint density at radius 1 is 1.30 bits per heavy atom. The summed E-state index contributed by atoms with van der Waals surface area (Å²) in [7, 11) is 0. The van der Waals surface area contributed by atoms with E-state index in [1.807, 2.05) is 30.8 Å². The Kier molecular flexibility index (Phi) is 4.66. The molecule has 2 rings (SSSR count). The van der Waals surface area contributed by atoms with Gasteiger partial charge in [-0.1, -0.05) is 13.8 Å². The molecule has 6 nitrogen and oxygen atoms in total. The molecule has 0 aromatic carbocycles. The van der Waals surface area contributed by atoms with Crippen LogP contribution in [0.25, 0.3) is 0 Å². The van der Waals surface area contributed by atoms with Crippen LogP contribution in [0, 0.1) is 11.3 Å². The molecule has 2 heterocycles. The van der Waals surface area contributed by atoms with Gasteiger partial charge in [0.1, 0.15) is 11.6 Å². The highest BCUT2D eigenvalue weighted by atomic mass is 15.3. The van der Waals surface area contributed by atoms with Crippen LogP contribution in [0.1, 0.15) is 30.7 Å². The summed E-state index contributed by atoms with van der Waals surface area (Å²) in [4.78, 5) is 0. The van der Waals surface area contributed by atoms with Crippen molar-refractivity contribution in [2.45, 2.75) is 33.2 Å². The van der Waals surface area contributed by atoms with Gasteiger partial charge < -0.3 is 5.32 Å². The lowest BCUT2D eigenvalue weighted by Gasteiger charge is -2.11. The number of aryl methyl sites for hydroxylation is 1. The Balaban J connectivity index is 2.13. The van der Waals surface area contributed by atoms with Crippen LogP contribution in [0.5, 0.6) is 0 Å². The van der Waals surface area contributed by atoms with Crippen molar-refractivity contribution in [1.82, 2.24) is 20.0 Å². The van der Waals surface area contributed by atoms with Gasteiger partial charge in [0.25, 0.3) is 0 Å². The SMILES string of the molecule is CCc1nnc(NCCn2cccn2)c(C#N)c1CC. The minimum atomic E-state index is 0.564. The second kappa shape index (κ2) is 6.66. The fraction of sp³-hybridized carbons (Fsp3) is 0.429. The van der Waals surface area contributed by atoms with Crippen LogP contribution in [0.4, 0.5) is 5.82 Å². The average molecular weight is 270 g/mol. The molecule has 0 saturated heterocycles. The predicted octanol–water partition coefficient (Wildman–Crippen LogP) is 1.78. The Morgan fingerprint density at radius 3 is 2.75 bits per heavy atom. The molecule has 104 valence electrons. The zero-order valence-electron chi connectivity index (χ0n) is 11.8. The van der Waals surface area contributed by atoms with Crippen molar-refractivity contribution in [3.8, 4) is 6.07 Å². The van der Waals surface area contributed by atoms with E-state index in [0.717, 1.165) is 30.6 Å². The molecule has 0 radical (unpaired) electrons. The Morgan fingerprint density at radius 2 is 2.15 bits per heavy atom. The summed E-state index contributed by atoms with van der Waals surface area (Å²) < 4.78 is 1.83. The summed E-state index contributed by atoms with van der Waals surface area (Å²) in [5.41, 5.74) is 2.51. The zero-order chi connectivity index (χ0) is 14.4. The van der Waals surface area contributed by atoms with Gasteiger partial charge in [0.2, 0.25) is 0 Å². The summed E-state index contributed by atoms with van der Waals surface area (Å²) in [6.45, 7) is 5.43. The summed E-state index contributed by atoms with van der Waals surface area (Å²) in [5, 5.41) is 25.0. The number of nitriles is 1. The van der Waals surface area contributed by atoms with Crippen molar-refractivity contribution in [2.24, 2.45) is 0 Å². The molecule has 0 saturated carbocycles. The molecule has 0 aliphatic rings. The van der Waals surface area contributed by atoms with Gasteiger partial charge in [-0.15, -0.1) is 5.10 Å². The highest BCUT2D eigenvalue weighted by Gasteiger charge is 2.13. The normalized spacial score (nSPS) is 10.2. The third kappa shape index (κ3) is 2.94. The smallest absolute Gasteiger partial charge is 0.167 e. The van der Waals surface area contributed by atoms with Gasteiger partial charge in [0.15, 0.2) is 5.82 Å². The summed E-state index contributed by atoms with van der Waals surface area (Å²) in [6, 6.07) is 4.13. The monoisotopic (exact) mass is 270 g/mol. The first-order valence-electron chi connectivity index (χ1n) is 6.79. The maximum atomic E-state index is 9.36. The van der Waals surface area contributed by atoms with E-state index in [9.17, 15) is 5.26 Å². The number of rotatable bonds is 6. The second-order valence-corrected chi connectivity index (χ2v) is 4.36. The maximum absolute atomic E-state index is 9.36. The number of aromatic nitrogens is 4. The number of anilines is 1. The number of hydrogen-bond acceptors (Lipinski definition) is 5. The van der Waals surface area contributed by atoms with Gasteiger partial charge in [-0.3, -0.25) is 4.68 Å². The topological polar surface area (TPSA) is 79.4 Å². The van der Waals surface area contributed by atoms with Crippen molar-refractivity contribution in [3.63, 3.8) is 0 Å². The Hall–Kier alpha value is -2.42. The molecule has 0 atom stereocenters. The zero-order valence-corrected chi connectivity index (χ0v) is 11.8. The van der Waals surface area contributed by atoms with Crippen LogP contribution in [0.3, 0.4) is 0 Å². The fourth-order valence-electron chi connectivity index (χ4n) is 2.14. The van der Waals surface area contributed by atoms with Crippen molar-refractivity contribution in [1.29, 1.82) is 5.26 Å². The lowest BCUT2D eigenvalue weighted by atomic mass is 10.0. The first kappa shape index (κ1) is 14.0. The molecule has 0 spiro atoms. The van der Waals surface area contributed by atoms with Gasteiger partial charge in [-0.05, 0) is 24.5 Å². The fourth-order valence-corrected chi connectivity index (χ4v) is 2.14. The number of nitrogens with zero attached hydrogens (tertiary/aromatic N) is 5. The van der Waals surface area contributed by atoms with Crippen LogP contribution < -0.4 is 5.32 Å². The Bertz CT molecular complexity index is 597.